The van der Waals surface area contributed by atoms with Gasteiger partial charge in [-0.25, -0.2) is 0 Å². The van der Waals surface area contributed by atoms with Crippen LogP contribution in [0.5, 0.6) is 5.75 Å². The average Bonchev–Trinajstić information content (AvgIpc) is 3.06. The number of phenolic OH excluding ortho intramolecular Hbond substituents is 1. The minimum Gasteiger partial charge on any atom is -0.508 e. The summed E-state index contributed by atoms with van der Waals surface area (Å²) < 4.78 is 0. The van der Waals surface area contributed by atoms with Crippen LogP contribution in [0.2, 0.25) is 0 Å². The first kappa shape index (κ1) is 18.4. The standard InChI is InChI=1S/C21H27N3O2/c1-15(2)13-24-9-8-16(14-24)11-23-21(26)18-6-7-20(22-12-18)17-4-3-5-19(25)10-17/h3-7,10,12,15-16,25H,8-9,11,13-14H2,1-2H3,(H,23,26)/t16-/m1/s1. The van der Waals surface area contributed by atoms with Gasteiger partial charge in [-0.2, -0.15) is 0 Å². The maximum absolute atomic E-state index is 12.4. The van der Waals surface area contributed by atoms with E-state index in [-0.39, 0.29) is 11.7 Å². The Bertz CT molecular complexity index is 743. The van der Waals surface area contributed by atoms with Gasteiger partial charge >= 0.3 is 0 Å². The minimum atomic E-state index is -0.0812. The smallest absolute Gasteiger partial charge is 0.252 e. The number of rotatable bonds is 6. The van der Waals surface area contributed by atoms with E-state index in [1.807, 2.05) is 12.1 Å². The molecule has 2 aromatic rings. The minimum absolute atomic E-state index is 0.0812. The molecule has 1 aromatic carbocycles. The van der Waals surface area contributed by atoms with Crippen LogP contribution < -0.4 is 5.32 Å². The van der Waals surface area contributed by atoms with E-state index < -0.39 is 0 Å². The number of hydrogen-bond donors (Lipinski definition) is 2. The van der Waals surface area contributed by atoms with Gasteiger partial charge in [-0.1, -0.05) is 26.0 Å². The van der Waals surface area contributed by atoms with Gasteiger partial charge in [-0.3, -0.25) is 9.78 Å². The SMILES string of the molecule is CC(C)CN1CC[C@H](CNC(=O)c2ccc(-c3cccc(O)c3)nc2)C1. The first-order valence-corrected chi connectivity index (χ1v) is 9.27. The highest BCUT2D eigenvalue weighted by Gasteiger charge is 2.23. The highest BCUT2D eigenvalue weighted by molar-refractivity contribution is 5.94. The second-order valence-electron chi connectivity index (χ2n) is 7.50. The Hall–Kier alpha value is -2.40. The number of pyridine rings is 1. The zero-order chi connectivity index (χ0) is 18.5. The van der Waals surface area contributed by atoms with E-state index in [4.69, 9.17) is 0 Å². The van der Waals surface area contributed by atoms with E-state index in [2.05, 4.69) is 29.0 Å². The van der Waals surface area contributed by atoms with Crippen molar-refractivity contribution < 1.29 is 9.90 Å². The number of phenols is 1. The van der Waals surface area contributed by atoms with Crippen LogP contribution in [0.4, 0.5) is 0 Å². The van der Waals surface area contributed by atoms with Gasteiger partial charge in [0.25, 0.3) is 5.91 Å². The van der Waals surface area contributed by atoms with Gasteiger partial charge in [-0.15, -0.1) is 0 Å². The molecule has 5 nitrogen and oxygen atoms in total. The summed E-state index contributed by atoms with van der Waals surface area (Å²) in [5.41, 5.74) is 2.12. The Kier molecular flexibility index (Phi) is 5.89. The summed E-state index contributed by atoms with van der Waals surface area (Å²) in [4.78, 5) is 19.2. The molecule has 5 heteroatoms. The molecule has 138 valence electrons. The number of amides is 1. The third kappa shape index (κ3) is 4.82. The average molecular weight is 353 g/mol. The van der Waals surface area contributed by atoms with Crippen molar-refractivity contribution in [2.75, 3.05) is 26.2 Å². The lowest BCUT2D eigenvalue weighted by atomic mass is 10.1. The van der Waals surface area contributed by atoms with Crippen LogP contribution in [0.1, 0.15) is 30.6 Å². The fraction of sp³-hybridized carbons (Fsp3) is 0.429. The molecular formula is C21H27N3O2. The van der Waals surface area contributed by atoms with Crippen molar-refractivity contribution in [1.29, 1.82) is 0 Å². The van der Waals surface area contributed by atoms with Crippen molar-refractivity contribution in [2.45, 2.75) is 20.3 Å². The van der Waals surface area contributed by atoms with Crippen molar-refractivity contribution in [3.63, 3.8) is 0 Å². The number of likely N-dealkylation sites (tertiary alicyclic amines) is 1. The second kappa shape index (κ2) is 8.32. The molecule has 0 saturated carbocycles. The largest absolute Gasteiger partial charge is 0.508 e. The molecule has 1 fully saturated rings. The van der Waals surface area contributed by atoms with Gasteiger partial charge in [0, 0.05) is 31.4 Å². The number of nitrogens with one attached hydrogen (secondary N) is 1. The summed E-state index contributed by atoms with van der Waals surface area (Å²) in [7, 11) is 0. The fourth-order valence-electron chi connectivity index (χ4n) is 3.46. The normalized spacial score (nSPS) is 17.6. The van der Waals surface area contributed by atoms with E-state index in [0.717, 1.165) is 37.3 Å². The van der Waals surface area contributed by atoms with Crippen LogP contribution in [-0.2, 0) is 0 Å². The fourth-order valence-corrected chi connectivity index (χ4v) is 3.46. The number of aromatic nitrogens is 1. The molecule has 0 spiro atoms. The zero-order valence-corrected chi connectivity index (χ0v) is 15.5. The summed E-state index contributed by atoms with van der Waals surface area (Å²) in [5.74, 6) is 1.33. The van der Waals surface area contributed by atoms with Crippen LogP contribution in [0, 0.1) is 11.8 Å². The summed E-state index contributed by atoms with van der Waals surface area (Å²) >= 11 is 0. The number of carbonyl (C=O) groups excluding carboxylic acids is 1. The van der Waals surface area contributed by atoms with Crippen molar-refractivity contribution in [3.05, 3.63) is 48.2 Å². The maximum atomic E-state index is 12.4. The van der Waals surface area contributed by atoms with E-state index in [9.17, 15) is 9.90 Å². The van der Waals surface area contributed by atoms with Crippen molar-refractivity contribution in [3.8, 4) is 17.0 Å². The molecular weight excluding hydrogens is 326 g/mol. The van der Waals surface area contributed by atoms with Gasteiger partial charge < -0.3 is 15.3 Å². The van der Waals surface area contributed by atoms with Crippen molar-refractivity contribution >= 4 is 5.91 Å². The molecule has 1 aromatic heterocycles. The van der Waals surface area contributed by atoms with Crippen LogP contribution in [-0.4, -0.2) is 47.1 Å². The van der Waals surface area contributed by atoms with E-state index in [1.165, 1.54) is 0 Å². The van der Waals surface area contributed by atoms with E-state index in [1.54, 1.807) is 30.5 Å². The Morgan fingerprint density at radius 1 is 1.35 bits per heavy atom. The molecule has 2 N–H and O–H groups in total. The van der Waals surface area contributed by atoms with Gasteiger partial charge in [0.1, 0.15) is 5.75 Å². The van der Waals surface area contributed by atoms with Crippen molar-refractivity contribution in [1.82, 2.24) is 15.2 Å². The molecule has 1 aliphatic rings. The summed E-state index contributed by atoms with van der Waals surface area (Å²) in [6, 6.07) is 10.5. The number of hydrogen-bond acceptors (Lipinski definition) is 4. The molecule has 26 heavy (non-hydrogen) atoms. The van der Waals surface area contributed by atoms with Gasteiger partial charge in [0.2, 0.25) is 0 Å². The Morgan fingerprint density at radius 3 is 2.88 bits per heavy atom. The Labute approximate surface area is 155 Å². The quantitative estimate of drug-likeness (QED) is 0.837. The summed E-state index contributed by atoms with van der Waals surface area (Å²) in [5, 5.41) is 12.6. The third-order valence-corrected chi connectivity index (χ3v) is 4.71. The lowest BCUT2D eigenvalue weighted by Crippen LogP contribution is -2.31. The molecule has 0 aliphatic carbocycles. The molecule has 0 unspecified atom stereocenters. The van der Waals surface area contributed by atoms with E-state index in [0.29, 0.717) is 23.9 Å². The summed E-state index contributed by atoms with van der Waals surface area (Å²) in [6.45, 7) is 8.50. The van der Waals surface area contributed by atoms with Crippen LogP contribution in [0.3, 0.4) is 0 Å². The molecule has 3 rings (SSSR count). The van der Waals surface area contributed by atoms with Crippen LogP contribution in [0.25, 0.3) is 11.3 Å². The van der Waals surface area contributed by atoms with Gasteiger partial charge in [0.05, 0.1) is 11.3 Å². The predicted molar refractivity (Wildman–Crippen MR) is 103 cm³/mol. The molecule has 2 heterocycles. The number of nitrogens with zero attached hydrogens (tertiary/aromatic N) is 2. The molecule has 0 bridgehead atoms. The number of aromatic hydroxyl groups is 1. The third-order valence-electron chi connectivity index (χ3n) is 4.71. The molecule has 1 atom stereocenters. The van der Waals surface area contributed by atoms with Gasteiger partial charge in [-0.05, 0) is 49.1 Å². The van der Waals surface area contributed by atoms with Crippen LogP contribution in [0.15, 0.2) is 42.6 Å². The Morgan fingerprint density at radius 2 is 2.19 bits per heavy atom. The highest BCUT2D eigenvalue weighted by atomic mass is 16.3. The lowest BCUT2D eigenvalue weighted by molar-refractivity contribution is 0.0947. The topological polar surface area (TPSA) is 65.5 Å². The highest BCUT2D eigenvalue weighted by Crippen LogP contribution is 2.21. The Balaban J connectivity index is 1.52. The monoisotopic (exact) mass is 353 g/mol. The molecule has 1 amide bonds. The zero-order valence-electron chi connectivity index (χ0n) is 15.5. The lowest BCUT2D eigenvalue weighted by Gasteiger charge is -2.18. The van der Waals surface area contributed by atoms with Gasteiger partial charge in [0.15, 0.2) is 0 Å². The van der Waals surface area contributed by atoms with E-state index >= 15 is 0 Å². The first-order valence-electron chi connectivity index (χ1n) is 9.27. The van der Waals surface area contributed by atoms with Crippen molar-refractivity contribution in [2.24, 2.45) is 11.8 Å². The summed E-state index contributed by atoms with van der Waals surface area (Å²) in [6.07, 6.45) is 2.73. The molecule has 1 aliphatic heterocycles. The van der Waals surface area contributed by atoms with Crippen LogP contribution >= 0.6 is 0 Å². The molecule has 1 saturated heterocycles. The predicted octanol–water partition coefficient (Wildman–Crippen LogP) is 3.16. The number of carbonyl (C=O) groups is 1. The second-order valence-corrected chi connectivity index (χ2v) is 7.50. The maximum Gasteiger partial charge on any atom is 0.252 e. The number of benzene rings is 1. The molecule has 0 radical (unpaired) electrons. The first-order chi connectivity index (χ1) is 12.5.